The second-order valence-electron chi connectivity index (χ2n) is 22.7. The van der Waals surface area contributed by atoms with Crippen LogP contribution in [-0.4, -0.2) is 121 Å². The number of amides is 3. The van der Waals surface area contributed by atoms with Gasteiger partial charge in [-0.15, -0.1) is 4.39 Å². The molecule has 4 N–H and O–H groups in total. The summed E-state index contributed by atoms with van der Waals surface area (Å²) in [6.07, 6.45) is 7.11. The number of anilines is 2. The number of aromatic carboxylic acids is 1. The van der Waals surface area contributed by atoms with E-state index in [4.69, 9.17) is 29.8 Å². The van der Waals surface area contributed by atoms with Crippen LogP contribution in [0.2, 0.25) is 0 Å². The maximum Gasteiger partial charge on any atom is 0.495 e. The summed E-state index contributed by atoms with van der Waals surface area (Å²) >= 11 is 0. The van der Waals surface area contributed by atoms with Gasteiger partial charge in [-0.2, -0.15) is 0 Å². The Balaban J connectivity index is 0.000000285. The molecule has 87 heavy (non-hydrogen) atoms. The number of hydrogen-bond donors (Lipinski definition) is 3. The van der Waals surface area contributed by atoms with Gasteiger partial charge in [-0.25, -0.2) is 55.5 Å². The highest BCUT2D eigenvalue weighted by Crippen LogP contribution is 2.31. The predicted molar refractivity (Wildman–Crippen MR) is 308 cm³/mol. The van der Waals surface area contributed by atoms with E-state index >= 15 is 0 Å². The van der Waals surface area contributed by atoms with E-state index in [2.05, 4.69) is 30.0 Å². The summed E-state index contributed by atoms with van der Waals surface area (Å²) in [5, 5.41) is 11.3. The zero-order chi connectivity index (χ0) is 64.4. The number of piperidine rings is 2. The van der Waals surface area contributed by atoms with Gasteiger partial charge in [0.1, 0.15) is 91.7 Å². The van der Waals surface area contributed by atoms with Gasteiger partial charge in [0.2, 0.25) is 0 Å². The van der Waals surface area contributed by atoms with Gasteiger partial charge in [0.15, 0.2) is 0 Å². The molecule has 6 aromatic rings. The van der Waals surface area contributed by atoms with Crippen LogP contribution in [0.4, 0.5) is 56.5 Å². The lowest BCUT2D eigenvalue weighted by molar-refractivity contribution is 0.0155. The molecule has 6 heterocycles. The van der Waals surface area contributed by atoms with Crippen LogP contribution in [0, 0.1) is 46.7 Å². The van der Waals surface area contributed by atoms with E-state index < -0.39 is 98.0 Å². The van der Waals surface area contributed by atoms with Gasteiger partial charge in [0, 0.05) is 52.1 Å². The molecule has 2 aliphatic heterocycles. The number of carbonyl (C=O) groups is 5. The van der Waals surface area contributed by atoms with Crippen molar-refractivity contribution in [2.45, 2.75) is 105 Å². The van der Waals surface area contributed by atoms with Crippen molar-refractivity contribution in [3.63, 3.8) is 0 Å². The fraction of sp³-hybridized carbons (Fsp3) is 0.393. The summed E-state index contributed by atoms with van der Waals surface area (Å²) in [6, 6.07) is 13.2. The van der Waals surface area contributed by atoms with Crippen LogP contribution >= 0.6 is 0 Å². The van der Waals surface area contributed by atoms with Crippen LogP contribution in [0.15, 0.2) is 97.6 Å². The molecule has 19 nitrogen and oxygen atoms in total. The summed E-state index contributed by atoms with van der Waals surface area (Å²) in [5.74, 6) is -6.51. The summed E-state index contributed by atoms with van der Waals surface area (Å²) in [7, 11) is 0. The van der Waals surface area contributed by atoms with Crippen molar-refractivity contribution in [1.82, 2.24) is 29.7 Å². The number of nitrogens with one attached hydrogen (secondary N) is 1. The molecule has 0 spiro atoms. The van der Waals surface area contributed by atoms with Crippen molar-refractivity contribution in [2.75, 3.05) is 50.4 Å². The first-order chi connectivity index (χ1) is 40.8. The third-order valence-electron chi connectivity index (χ3n) is 12.3. The lowest BCUT2D eigenvalue weighted by Gasteiger charge is -2.33. The fourth-order valence-electron chi connectivity index (χ4n) is 8.12. The topological polar surface area (TPSA) is 248 Å². The Morgan fingerprint density at radius 2 is 0.954 bits per heavy atom. The van der Waals surface area contributed by atoms with Crippen LogP contribution in [-0.2, 0) is 14.2 Å². The van der Waals surface area contributed by atoms with E-state index in [9.17, 15) is 54.7 Å². The maximum atomic E-state index is 14.4. The molecule has 0 unspecified atom stereocenters. The summed E-state index contributed by atoms with van der Waals surface area (Å²) in [5.41, 5.74) is 1.53. The molecule has 3 amide bonds. The minimum Gasteiger partial charge on any atom is -0.491 e. The Hall–Kier alpha value is -9.10. The number of likely N-dealkylation sites (tertiary alicyclic amines) is 2. The third kappa shape index (κ3) is 22.0. The highest BCUT2D eigenvalue weighted by molar-refractivity contribution is 6.04. The van der Waals surface area contributed by atoms with E-state index in [0.29, 0.717) is 62.5 Å². The predicted octanol–water partition coefficient (Wildman–Crippen LogP) is 13.5. The molecule has 0 aliphatic carbocycles. The quantitative estimate of drug-likeness (QED) is 0.0620. The van der Waals surface area contributed by atoms with E-state index in [1.807, 2.05) is 41.5 Å². The average molecular weight is 1230 g/mol. The molecule has 0 bridgehead atoms. The maximum absolute atomic E-state index is 14.4. The van der Waals surface area contributed by atoms with Crippen molar-refractivity contribution in [3.05, 3.63) is 144 Å². The molecule has 2 fully saturated rings. The first-order valence-corrected chi connectivity index (χ1v) is 27.3. The molecule has 0 radical (unpaired) electrons. The Kier molecular flexibility index (Phi) is 24.3. The van der Waals surface area contributed by atoms with Gasteiger partial charge in [0.05, 0.1) is 42.4 Å². The summed E-state index contributed by atoms with van der Waals surface area (Å²) in [4.78, 5) is 76.1. The van der Waals surface area contributed by atoms with Crippen LogP contribution in [0.1, 0.15) is 110 Å². The highest BCUT2D eigenvalue weighted by atomic mass is 19.2. The normalized spacial score (nSPS) is 13.7. The number of hydrogen-bond acceptors (Lipinski definition) is 15. The standard InChI is InChI=1S/C28H29F3N4O4.C16H25N3O3.C12H6F3NO2.C5H9FO2.H2/c1-28(2,3)39-27(37)35-13-10-17(11-14-35)16-38-23-9-12-32-15-22(23)34-26(36)21-8-7-20(31)25(33-21)24-18(29)5-4-6-19(24)30;1-16(2,3)22-15(20)19-8-5-12(6-9-19)11-21-14-4-7-18-10-13(14)17;13-6-2-1-3-7(14)10(6)11-8(15)4-5-9(16-11)12(17)18;1-5(2,3)8-4(6)7;/h4-9,12,15,17H,10-11,13-14,16H2,1-3H3,(H,34,36);4,7,10,12H,5-6,8-9,11,17H2,1-3H3;1-5H,(H,17,18);1-3H3;1H/i;;;;1+1. The number of carboxylic acids is 1. The smallest absolute Gasteiger partial charge is 0.491 e. The molecule has 0 atom stereocenters. The Bertz CT molecular complexity index is 3310. The van der Waals surface area contributed by atoms with Gasteiger partial charge < -0.3 is 49.6 Å². The van der Waals surface area contributed by atoms with Gasteiger partial charge in [0.25, 0.3) is 5.91 Å². The minimum atomic E-state index is -1.72. The second kappa shape index (κ2) is 30.8. The molecule has 2 aromatic carbocycles. The molecule has 0 saturated carbocycles. The van der Waals surface area contributed by atoms with Gasteiger partial charge in [-0.1, -0.05) is 12.1 Å². The zero-order valence-electron chi connectivity index (χ0n) is 49.4. The van der Waals surface area contributed by atoms with Gasteiger partial charge in [-0.3, -0.25) is 14.8 Å². The number of nitrogens with zero attached hydrogens (tertiary/aromatic N) is 6. The van der Waals surface area contributed by atoms with E-state index in [1.54, 1.807) is 55.1 Å². The fourth-order valence-corrected chi connectivity index (χ4v) is 8.12. The summed E-state index contributed by atoms with van der Waals surface area (Å²) in [6.45, 7) is 19.4. The molecule has 470 valence electrons. The van der Waals surface area contributed by atoms with Crippen molar-refractivity contribution < 1.29 is 84.9 Å². The molecule has 2 aliphatic rings. The Labute approximate surface area is 499 Å². The van der Waals surface area contributed by atoms with Gasteiger partial charge >= 0.3 is 24.4 Å². The van der Waals surface area contributed by atoms with Crippen LogP contribution in [0.25, 0.3) is 22.5 Å². The van der Waals surface area contributed by atoms with E-state index in [1.165, 1.54) is 12.4 Å². The number of carboxylic acid groups (broad SMARTS) is 1. The molecular formula is C61H71F7N8O11. The number of pyridine rings is 4. The molecule has 8 rings (SSSR count). The largest absolute Gasteiger partial charge is 0.495 e. The minimum absolute atomic E-state index is 0. The van der Waals surface area contributed by atoms with Crippen molar-refractivity contribution >= 4 is 41.7 Å². The van der Waals surface area contributed by atoms with Crippen molar-refractivity contribution in [1.29, 1.82) is 0 Å². The monoisotopic (exact) mass is 1230 g/mol. The molecule has 26 heteroatoms. The number of benzene rings is 2. The van der Waals surface area contributed by atoms with Gasteiger partial charge in [-0.05, 0) is 148 Å². The number of rotatable bonds is 11. The van der Waals surface area contributed by atoms with Crippen LogP contribution < -0.4 is 20.5 Å². The number of ether oxygens (including phenoxy) is 5. The third-order valence-corrected chi connectivity index (χ3v) is 12.3. The average Bonchev–Trinajstić information content (AvgIpc) is 1.78. The van der Waals surface area contributed by atoms with E-state index in [0.717, 1.165) is 86.3 Å². The Morgan fingerprint density at radius 1 is 0.563 bits per heavy atom. The first-order valence-electron chi connectivity index (χ1n) is 27.3. The highest BCUT2D eigenvalue weighted by Gasteiger charge is 2.30. The van der Waals surface area contributed by atoms with Crippen LogP contribution in [0.3, 0.4) is 0 Å². The zero-order valence-corrected chi connectivity index (χ0v) is 49.4. The summed E-state index contributed by atoms with van der Waals surface area (Å²) < 4.78 is 121. The lowest BCUT2D eigenvalue weighted by atomic mass is 9.98. The Morgan fingerprint density at radius 3 is 1.34 bits per heavy atom. The first kappa shape index (κ1) is 68.7. The van der Waals surface area contributed by atoms with Crippen LogP contribution in [0.5, 0.6) is 11.5 Å². The lowest BCUT2D eigenvalue weighted by Crippen LogP contribution is -2.42. The molecule has 4 aromatic heterocycles. The number of halogens is 7. The number of nitrogens with two attached hydrogens (primary N) is 1. The van der Waals surface area contributed by atoms with E-state index in [-0.39, 0.29) is 30.9 Å². The second-order valence-corrected chi connectivity index (χ2v) is 22.7. The molecular weight excluding hydrogens is 1150 g/mol. The molecule has 2 saturated heterocycles. The van der Waals surface area contributed by atoms with Crippen molar-refractivity contribution in [3.8, 4) is 34.0 Å². The number of nitrogen functional groups attached to an aromatic ring is 1. The number of carbonyl (C=O) groups excluding carboxylic acids is 4. The SMILES string of the molecule is CC(C)(C)OC(=O)F.CC(C)(C)OC(=O)N1CCC(COc2ccncc2N)CC1.CC(C)(C)OC(=O)N1CCC(COc2ccncc2NC(=O)c2ccc(F)c(-c3c(F)cccc3F)n2)CC1.O=C(O)c1ccc(F)c(-c2c(F)cccc2F)n1.[2HH]. The number of aromatic nitrogens is 4. The van der Waals surface area contributed by atoms with Crippen molar-refractivity contribution in [2.24, 2.45) is 11.8 Å².